The number of amides is 2. The molecule has 0 bridgehead atoms. The zero-order valence-electron chi connectivity index (χ0n) is 10.6. The number of thiol groups is 1. The van der Waals surface area contributed by atoms with Crippen LogP contribution in [0.4, 0.5) is 13.6 Å². The highest BCUT2D eigenvalue weighted by atomic mass is 33.1. The van der Waals surface area contributed by atoms with Crippen molar-refractivity contribution >= 4 is 28.7 Å². The van der Waals surface area contributed by atoms with Crippen molar-refractivity contribution in [3.8, 4) is 0 Å². The van der Waals surface area contributed by atoms with Crippen LogP contribution >= 0.6 is 22.6 Å². The van der Waals surface area contributed by atoms with Gasteiger partial charge in [-0.25, -0.2) is 17.9 Å². The standard InChI is InChI=1S/C11H19F2N3OS2/c12-11(13)4-1-5-15(8-11)10(17)14-9-2-6-16(19-18)7-3-9/h9,18H,1-8H2,(H,14,17). The molecule has 1 N–H and O–H groups in total. The maximum Gasteiger partial charge on any atom is 0.317 e. The number of hydrogen-bond acceptors (Lipinski definition) is 4. The number of nitrogens with zero attached hydrogens (tertiary/aromatic N) is 2. The van der Waals surface area contributed by atoms with Crippen molar-refractivity contribution in [2.45, 2.75) is 37.6 Å². The molecule has 0 aromatic carbocycles. The van der Waals surface area contributed by atoms with Gasteiger partial charge in [0.15, 0.2) is 0 Å². The minimum absolute atomic E-state index is 0.0831. The smallest absolute Gasteiger partial charge is 0.317 e. The molecule has 19 heavy (non-hydrogen) atoms. The molecular weight excluding hydrogens is 292 g/mol. The fourth-order valence-electron chi connectivity index (χ4n) is 2.49. The zero-order chi connectivity index (χ0) is 13.9. The van der Waals surface area contributed by atoms with Crippen LogP contribution in [0.2, 0.25) is 0 Å². The largest absolute Gasteiger partial charge is 0.335 e. The first kappa shape index (κ1) is 15.2. The Morgan fingerprint density at radius 3 is 2.58 bits per heavy atom. The summed E-state index contributed by atoms with van der Waals surface area (Å²) in [4.78, 5) is 13.2. The Labute approximate surface area is 121 Å². The Bertz CT molecular complexity index is 325. The molecule has 0 unspecified atom stereocenters. The van der Waals surface area contributed by atoms with Crippen molar-refractivity contribution in [3.63, 3.8) is 0 Å². The summed E-state index contributed by atoms with van der Waals surface area (Å²) in [7, 11) is 1.40. The molecule has 0 aromatic heterocycles. The highest BCUT2D eigenvalue weighted by Gasteiger charge is 2.37. The number of nitrogens with one attached hydrogen (secondary N) is 1. The predicted octanol–water partition coefficient (Wildman–Crippen LogP) is 2.38. The topological polar surface area (TPSA) is 35.6 Å². The van der Waals surface area contributed by atoms with Gasteiger partial charge < -0.3 is 10.2 Å². The summed E-state index contributed by atoms with van der Waals surface area (Å²) in [6.07, 6.45) is 1.93. The summed E-state index contributed by atoms with van der Waals surface area (Å²) in [5, 5.41) is 2.86. The molecule has 2 amide bonds. The number of likely N-dealkylation sites (tertiary alicyclic amines) is 1. The number of alkyl halides is 2. The lowest BCUT2D eigenvalue weighted by Crippen LogP contribution is -2.53. The number of piperidine rings is 2. The van der Waals surface area contributed by atoms with E-state index in [9.17, 15) is 13.6 Å². The van der Waals surface area contributed by atoms with Gasteiger partial charge in [-0.05, 0) is 30.2 Å². The van der Waals surface area contributed by atoms with E-state index in [2.05, 4.69) is 21.3 Å². The third kappa shape index (κ3) is 4.39. The third-order valence-corrected chi connectivity index (χ3v) is 4.87. The van der Waals surface area contributed by atoms with E-state index < -0.39 is 12.5 Å². The van der Waals surface area contributed by atoms with E-state index >= 15 is 0 Å². The maximum atomic E-state index is 13.3. The zero-order valence-corrected chi connectivity index (χ0v) is 12.4. The molecule has 2 heterocycles. The molecule has 0 atom stereocenters. The molecule has 0 aromatic rings. The fraction of sp³-hybridized carbons (Fsp3) is 0.909. The molecular formula is C11H19F2N3OS2. The number of urea groups is 1. The molecule has 0 saturated carbocycles. The first-order valence-electron chi connectivity index (χ1n) is 6.50. The molecule has 110 valence electrons. The van der Waals surface area contributed by atoms with Crippen LogP contribution in [0, 0.1) is 0 Å². The van der Waals surface area contributed by atoms with Crippen molar-refractivity contribution < 1.29 is 13.6 Å². The first-order valence-corrected chi connectivity index (χ1v) is 8.32. The van der Waals surface area contributed by atoms with Crippen LogP contribution in [0.1, 0.15) is 25.7 Å². The SMILES string of the molecule is O=C(NC1CCN(SS)CC1)N1CCCC(F)(F)C1. The Balaban J connectivity index is 1.78. The van der Waals surface area contributed by atoms with Gasteiger partial charge in [0.25, 0.3) is 5.92 Å². The average molecular weight is 311 g/mol. The van der Waals surface area contributed by atoms with Gasteiger partial charge in [-0.1, -0.05) is 11.7 Å². The van der Waals surface area contributed by atoms with Gasteiger partial charge in [0.2, 0.25) is 0 Å². The number of halogens is 2. The second-order valence-corrected chi connectivity index (χ2v) is 6.29. The van der Waals surface area contributed by atoms with Crippen molar-refractivity contribution in [2.24, 2.45) is 0 Å². The second kappa shape index (κ2) is 6.49. The quantitative estimate of drug-likeness (QED) is 0.467. The summed E-state index contributed by atoms with van der Waals surface area (Å²) in [6.45, 7) is 1.68. The van der Waals surface area contributed by atoms with Crippen molar-refractivity contribution in [1.82, 2.24) is 14.5 Å². The molecule has 0 spiro atoms. The van der Waals surface area contributed by atoms with Gasteiger partial charge in [0.05, 0.1) is 6.54 Å². The summed E-state index contributed by atoms with van der Waals surface area (Å²) in [5.41, 5.74) is 0. The van der Waals surface area contributed by atoms with E-state index in [4.69, 9.17) is 0 Å². The third-order valence-electron chi connectivity index (χ3n) is 3.58. The Morgan fingerprint density at radius 1 is 1.32 bits per heavy atom. The lowest BCUT2D eigenvalue weighted by Gasteiger charge is -2.35. The van der Waals surface area contributed by atoms with Crippen molar-refractivity contribution in [2.75, 3.05) is 26.2 Å². The summed E-state index contributed by atoms with van der Waals surface area (Å²) >= 11 is 4.13. The van der Waals surface area contributed by atoms with Crippen LogP contribution in [-0.2, 0) is 0 Å². The van der Waals surface area contributed by atoms with Crippen LogP contribution in [0.3, 0.4) is 0 Å². The highest BCUT2D eigenvalue weighted by molar-refractivity contribution is 8.67. The van der Waals surface area contributed by atoms with Crippen LogP contribution in [0.25, 0.3) is 0 Å². The fourth-order valence-corrected chi connectivity index (χ4v) is 3.35. The average Bonchev–Trinajstić information content (AvgIpc) is 2.38. The molecule has 2 aliphatic rings. The van der Waals surface area contributed by atoms with Crippen LogP contribution in [-0.4, -0.2) is 53.4 Å². The van der Waals surface area contributed by atoms with Gasteiger partial charge in [-0.2, -0.15) is 0 Å². The predicted molar refractivity (Wildman–Crippen MR) is 75.5 cm³/mol. The van der Waals surface area contributed by atoms with Gasteiger partial charge in [0, 0.05) is 32.1 Å². The first-order chi connectivity index (χ1) is 9.00. The van der Waals surface area contributed by atoms with Crippen molar-refractivity contribution in [3.05, 3.63) is 0 Å². The lowest BCUT2D eigenvalue weighted by atomic mass is 10.1. The Kier molecular flexibility index (Phi) is 5.19. The number of hydrogen-bond donors (Lipinski definition) is 2. The molecule has 2 fully saturated rings. The summed E-state index contributed by atoms with van der Waals surface area (Å²) in [5.74, 6) is -2.73. The van der Waals surface area contributed by atoms with Gasteiger partial charge in [-0.3, -0.25) is 0 Å². The van der Waals surface area contributed by atoms with E-state index in [0.717, 1.165) is 25.9 Å². The molecule has 8 heteroatoms. The van der Waals surface area contributed by atoms with Crippen LogP contribution < -0.4 is 5.32 Å². The Morgan fingerprint density at radius 2 is 2.00 bits per heavy atom. The molecule has 2 aliphatic heterocycles. The van der Waals surface area contributed by atoms with Crippen LogP contribution in [0.5, 0.6) is 0 Å². The second-order valence-electron chi connectivity index (χ2n) is 5.12. The van der Waals surface area contributed by atoms with E-state index in [-0.39, 0.29) is 18.5 Å². The van der Waals surface area contributed by atoms with E-state index in [1.165, 1.54) is 15.9 Å². The summed E-state index contributed by atoms with van der Waals surface area (Å²) < 4.78 is 28.6. The number of rotatable bonds is 2. The minimum atomic E-state index is -2.73. The highest BCUT2D eigenvalue weighted by Crippen LogP contribution is 2.27. The normalized spacial score (nSPS) is 25.3. The van der Waals surface area contributed by atoms with Gasteiger partial charge in [0.1, 0.15) is 0 Å². The summed E-state index contributed by atoms with van der Waals surface area (Å²) in [6, 6.07) is -0.267. The van der Waals surface area contributed by atoms with Crippen molar-refractivity contribution in [1.29, 1.82) is 0 Å². The molecule has 0 aliphatic carbocycles. The number of carbonyl (C=O) groups excluding carboxylic acids is 1. The molecule has 4 nitrogen and oxygen atoms in total. The maximum absolute atomic E-state index is 13.3. The number of carbonyl (C=O) groups is 1. The molecule has 2 rings (SSSR count). The van der Waals surface area contributed by atoms with Gasteiger partial charge >= 0.3 is 6.03 Å². The Hall–Kier alpha value is -0.210. The van der Waals surface area contributed by atoms with E-state index in [1.807, 2.05) is 0 Å². The molecule has 0 radical (unpaired) electrons. The van der Waals surface area contributed by atoms with Gasteiger partial charge in [-0.15, -0.1) is 0 Å². The molecule has 2 saturated heterocycles. The monoisotopic (exact) mass is 311 g/mol. The van der Waals surface area contributed by atoms with Crippen LogP contribution in [0.15, 0.2) is 0 Å². The lowest BCUT2D eigenvalue weighted by molar-refractivity contribution is -0.0526. The van der Waals surface area contributed by atoms with E-state index in [0.29, 0.717) is 13.0 Å². The minimum Gasteiger partial charge on any atom is -0.335 e. The van der Waals surface area contributed by atoms with E-state index in [1.54, 1.807) is 0 Å².